The minimum absolute atomic E-state index is 0.0294. The molecule has 0 aliphatic heterocycles. The predicted octanol–water partition coefficient (Wildman–Crippen LogP) is 5.15. The summed E-state index contributed by atoms with van der Waals surface area (Å²) in [4.78, 5) is 12.5. The van der Waals surface area contributed by atoms with E-state index in [2.05, 4.69) is 26.8 Å². The minimum atomic E-state index is 0.0294. The second kappa shape index (κ2) is 4.46. The van der Waals surface area contributed by atoms with Crippen LogP contribution in [0.25, 0.3) is 0 Å². The van der Waals surface area contributed by atoms with Crippen LogP contribution in [0.15, 0.2) is 11.6 Å². The Morgan fingerprint density at radius 3 is 2.67 bits per heavy atom. The van der Waals surface area contributed by atoms with Crippen LogP contribution in [0.3, 0.4) is 0 Å². The van der Waals surface area contributed by atoms with Gasteiger partial charge in [-0.15, -0.1) is 0 Å². The maximum Gasteiger partial charge on any atom is 0.139 e. The van der Waals surface area contributed by atoms with E-state index in [1.165, 1.54) is 38.5 Å². The van der Waals surface area contributed by atoms with E-state index in [0.29, 0.717) is 17.1 Å². The summed E-state index contributed by atoms with van der Waals surface area (Å²) >= 11 is 0. The second-order valence-corrected chi connectivity index (χ2v) is 8.93. The fourth-order valence-corrected chi connectivity index (χ4v) is 6.87. The molecule has 0 aromatic rings. The van der Waals surface area contributed by atoms with Gasteiger partial charge in [-0.25, -0.2) is 0 Å². The number of ketones is 1. The summed E-state index contributed by atoms with van der Waals surface area (Å²) in [5.41, 5.74) is 2.26. The van der Waals surface area contributed by atoms with E-state index in [-0.39, 0.29) is 5.41 Å². The van der Waals surface area contributed by atoms with Crippen LogP contribution in [0.4, 0.5) is 0 Å². The molecule has 21 heavy (non-hydrogen) atoms. The van der Waals surface area contributed by atoms with Gasteiger partial charge in [0.2, 0.25) is 0 Å². The molecule has 0 heterocycles. The van der Waals surface area contributed by atoms with Gasteiger partial charge < -0.3 is 0 Å². The van der Waals surface area contributed by atoms with E-state index in [1.807, 2.05) is 0 Å². The molecule has 3 saturated carbocycles. The van der Waals surface area contributed by atoms with Gasteiger partial charge in [-0.3, -0.25) is 4.79 Å². The maximum absolute atomic E-state index is 12.5. The number of hydrogen-bond donors (Lipinski definition) is 0. The number of fused-ring (bicyclic) bond motifs is 5. The molecule has 0 N–H and O–H groups in total. The van der Waals surface area contributed by atoms with E-state index in [9.17, 15) is 4.79 Å². The van der Waals surface area contributed by atoms with Gasteiger partial charge in [0, 0.05) is 11.8 Å². The fraction of sp³-hybridized carbons (Fsp3) is 0.850. The van der Waals surface area contributed by atoms with Crippen molar-refractivity contribution in [2.45, 2.75) is 72.1 Å². The van der Waals surface area contributed by atoms with Gasteiger partial charge in [-0.2, -0.15) is 0 Å². The Morgan fingerprint density at radius 1 is 1.10 bits per heavy atom. The first-order valence-electron chi connectivity index (χ1n) is 9.19. The zero-order valence-electron chi connectivity index (χ0n) is 14.0. The zero-order chi connectivity index (χ0) is 14.8. The molecule has 116 valence electrons. The third-order valence-electron chi connectivity index (χ3n) is 8.08. The molecule has 4 aliphatic carbocycles. The van der Waals surface area contributed by atoms with Gasteiger partial charge in [0.25, 0.3) is 0 Å². The minimum Gasteiger partial charge on any atom is -0.299 e. The SMILES string of the molecule is C[C@@H]1CC2=CCCC[C@]2(C)[C@H]2CC[C@]3(C)C(=O)CC[C@H]3[C@H]12. The van der Waals surface area contributed by atoms with Crippen molar-refractivity contribution in [2.24, 2.45) is 34.5 Å². The summed E-state index contributed by atoms with van der Waals surface area (Å²) in [5, 5.41) is 0. The molecule has 6 atom stereocenters. The van der Waals surface area contributed by atoms with Gasteiger partial charge in [-0.05, 0) is 74.0 Å². The molecule has 0 saturated heterocycles. The van der Waals surface area contributed by atoms with E-state index in [0.717, 1.165) is 30.6 Å². The van der Waals surface area contributed by atoms with Crippen LogP contribution in [0.5, 0.6) is 0 Å². The molecule has 0 radical (unpaired) electrons. The van der Waals surface area contributed by atoms with Crippen molar-refractivity contribution in [2.75, 3.05) is 0 Å². The van der Waals surface area contributed by atoms with Gasteiger partial charge in [0.15, 0.2) is 0 Å². The number of carbonyl (C=O) groups excluding carboxylic acids is 1. The summed E-state index contributed by atoms with van der Waals surface area (Å²) in [6, 6.07) is 0. The Hall–Kier alpha value is -0.590. The number of rotatable bonds is 0. The number of carbonyl (C=O) groups is 1. The highest BCUT2D eigenvalue weighted by Crippen LogP contribution is 2.65. The summed E-state index contributed by atoms with van der Waals surface area (Å²) < 4.78 is 0. The lowest BCUT2D eigenvalue weighted by atomic mass is 9.45. The van der Waals surface area contributed by atoms with Gasteiger partial charge in [-0.1, -0.05) is 32.4 Å². The second-order valence-electron chi connectivity index (χ2n) is 8.93. The number of Topliss-reactive ketones (excluding diaryl/α,β-unsaturated/α-hetero) is 1. The molecule has 0 amide bonds. The summed E-state index contributed by atoms with van der Waals surface area (Å²) in [6.45, 7) is 7.33. The van der Waals surface area contributed by atoms with Crippen molar-refractivity contribution in [3.63, 3.8) is 0 Å². The lowest BCUT2D eigenvalue weighted by Crippen LogP contribution is -2.52. The quantitative estimate of drug-likeness (QED) is 0.562. The molecule has 0 aromatic heterocycles. The molecule has 0 spiro atoms. The standard InChI is InChI=1S/C20H30O/c1-13-12-14-6-4-5-10-19(14,2)16-9-11-20(3)15(18(13)16)7-8-17(20)21/h6,13,15-16,18H,4-5,7-12H2,1-3H3/t13-,15+,16+,18+,19+,20+/m1/s1. The first-order chi connectivity index (χ1) is 9.97. The monoisotopic (exact) mass is 286 g/mol. The average molecular weight is 286 g/mol. The predicted molar refractivity (Wildman–Crippen MR) is 85.9 cm³/mol. The fourth-order valence-electron chi connectivity index (χ4n) is 6.87. The van der Waals surface area contributed by atoms with Gasteiger partial charge in [0.05, 0.1) is 0 Å². The smallest absolute Gasteiger partial charge is 0.139 e. The lowest BCUT2D eigenvalue weighted by Gasteiger charge is -2.59. The molecule has 4 rings (SSSR count). The lowest BCUT2D eigenvalue weighted by molar-refractivity contribution is -0.134. The number of allylic oxidation sites excluding steroid dienone is 2. The van der Waals surface area contributed by atoms with Crippen LogP contribution < -0.4 is 0 Å². The van der Waals surface area contributed by atoms with Crippen LogP contribution in [0.2, 0.25) is 0 Å². The average Bonchev–Trinajstić information content (AvgIpc) is 2.76. The highest BCUT2D eigenvalue weighted by atomic mass is 16.1. The van der Waals surface area contributed by atoms with Crippen LogP contribution in [-0.4, -0.2) is 5.78 Å². The first kappa shape index (κ1) is 14.0. The van der Waals surface area contributed by atoms with Crippen LogP contribution >= 0.6 is 0 Å². The highest BCUT2D eigenvalue weighted by Gasteiger charge is 2.60. The van der Waals surface area contributed by atoms with Crippen molar-refractivity contribution >= 4 is 5.78 Å². The molecule has 3 fully saturated rings. The van der Waals surface area contributed by atoms with Crippen LogP contribution in [-0.2, 0) is 4.79 Å². The van der Waals surface area contributed by atoms with Crippen LogP contribution in [0.1, 0.15) is 72.1 Å². The molecule has 1 nitrogen and oxygen atoms in total. The molecule has 1 heteroatoms. The normalized spacial score (nSPS) is 52.7. The Morgan fingerprint density at radius 2 is 1.86 bits per heavy atom. The molecule has 0 unspecified atom stereocenters. The zero-order valence-corrected chi connectivity index (χ0v) is 14.0. The first-order valence-corrected chi connectivity index (χ1v) is 9.19. The Balaban J connectivity index is 1.75. The molecular formula is C20H30O. The third-order valence-corrected chi connectivity index (χ3v) is 8.08. The largest absolute Gasteiger partial charge is 0.299 e. The number of hydrogen-bond acceptors (Lipinski definition) is 1. The highest BCUT2D eigenvalue weighted by molar-refractivity contribution is 5.87. The summed E-state index contributed by atoms with van der Waals surface area (Å²) in [5.74, 6) is 3.68. The molecular weight excluding hydrogens is 256 g/mol. The van der Waals surface area contributed by atoms with Gasteiger partial charge >= 0.3 is 0 Å². The van der Waals surface area contributed by atoms with Crippen molar-refractivity contribution in [1.82, 2.24) is 0 Å². The maximum atomic E-state index is 12.5. The van der Waals surface area contributed by atoms with Crippen molar-refractivity contribution < 1.29 is 4.79 Å². The third kappa shape index (κ3) is 1.72. The van der Waals surface area contributed by atoms with Crippen LogP contribution in [0, 0.1) is 34.5 Å². The van der Waals surface area contributed by atoms with E-state index < -0.39 is 0 Å². The topological polar surface area (TPSA) is 17.1 Å². The van der Waals surface area contributed by atoms with E-state index >= 15 is 0 Å². The Kier molecular flexibility index (Phi) is 2.98. The van der Waals surface area contributed by atoms with E-state index in [4.69, 9.17) is 0 Å². The van der Waals surface area contributed by atoms with Crippen molar-refractivity contribution in [3.8, 4) is 0 Å². The summed E-state index contributed by atoms with van der Waals surface area (Å²) in [6.07, 6.45) is 12.4. The van der Waals surface area contributed by atoms with Crippen molar-refractivity contribution in [1.29, 1.82) is 0 Å². The Bertz CT molecular complexity index is 504. The molecule has 4 aliphatic rings. The summed E-state index contributed by atoms with van der Waals surface area (Å²) in [7, 11) is 0. The van der Waals surface area contributed by atoms with E-state index in [1.54, 1.807) is 5.57 Å². The Labute approximate surface area is 129 Å². The van der Waals surface area contributed by atoms with Gasteiger partial charge in [0.1, 0.15) is 5.78 Å². The molecule has 0 bridgehead atoms. The molecule has 0 aromatic carbocycles. The van der Waals surface area contributed by atoms with Crippen molar-refractivity contribution in [3.05, 3.63) is 11.6 Å².